The molecule has 0 aromatic heterocycles. The summed E-state index contributed by atoms with van der Waals surface area (Å²) in [5.74, 6) is 0.470. The number of allylic oxidation sites excluding steroid dienone is 2. The number of rotatable bonds is 14. The number of carbonyl (C=O) groups is 3. The van der Waals surface area contributed by atoms with Gasteiger partial charge < -0.3 is 30.9 Å². The zero-order valence-corrected chi connectivity index (χ0v) is 18.2. The second-order valence-corrected chi connectivity index (χ2v) is 8.24. The van der Waals surface area contributed by atoms with Crippen LogP contribution in [0.3, 0.4) is 0 Å². The molecular weight excluding hydrogens is 402 g/mol. The van der Waals surface area contributed by atoms with E-state index in [0.717, 1.165) is 32.1 Å². The number of carboxylic acid groups (broad SMARTS) is 1. The molecule has 0 aromatic carbocycles. The molecule has 9 heteroatoms. The number of hydrogen-bond donors (Lipinski definition) is 4. The van der Waals surface area contributed by atoms with Crippen molar-refractivity contribution in [2.45, 2.75) is 57.4 Å². The van der Waals surface area contributed by atoms with E-state index in [2.05, 4.69) is 22.8 Å². The van der Waals surface area contributed by atoms with Crippen LogP contribution in [-0.2, 0) is 19.1 Å². The Morgan fingerprint density at radius 1 is 1.10 bits per heavy atom. The SMILES string of the molecule is NCCCCC(NC(=O)OCC1C2CC/C=C\CCC21)C(=O)NCCOCCC(=O)O. The molecule has 0 radical (unpaired) electrons. The third-order valence-corrected chi connectivity index (χ3v) is 5.98. The normalized spacial score (nSPS) is 24.1. The molecule has 2 amide bonds. The van der Waals surface area contributed by atoms with Gasteiger partial charge in [-0.2, -0.15) is 0 Å². The summed E-state index contributed by atoms with van der Waals surface area (Å²) in [6.07, 6.45) is 10.2. The third-order valence-electron chi connectivity index (χ3n) is 5.98. The molecule has 1 fully saturated rings. The van der Waals surface area contributed by atoms with Crippen LogP contribution in [0.2, 0.25) is 0 Å². The Morgan fingerprint density at radius 2 is 1.81 bits per heavy atom. The van der Waals surface area contributed by atoms with Crippen LogP contribution in [-0.4, -0.2) is 62.0 Å². The van der Waals surface area contributed by atoms with Gasteiger partial charge in [0.15, 0.2) is 0 Å². The molecule has 9 nitrogen and oxygen atoms in total. The number of amides is 2. The van der Waals surface area contributed by atoms with Gasteiger partial charge in [0.1, 0.15) is 6.04 Å². The van der Waals surface area contributed by atoms with Crippen molar-refractivity contribution in [2.75, 3.05) is 32.9 Å². The summed E-state index contributed by atoms with van der Waals surface area (Å²) in [4.78, 5) is 35.2. The number of alkyl carbamates (subject to hydrolysis) is 1. The fourth-order valence-electron chi connectivity index (χ4n) is 4.19. The molecule has 1 saturated carbocycles. The van der Waals surface area contributed by atoms with Crippen LogP contribution < -0.4 is 16.4 Å². The zero-order valence-electron chi connectivity index (χ0n) is 18.2. The summed E-state index contributed by atoms with van der Waals surface area (Å²) >= 11 is 0. The largest absolute Gasteiger partial charge is 0.481 e. The first-order valence-electron chi connectivity index (χ1n) is 11.4. The van der Waals surface area contributed by atoms with Crippen molar-refractivity contribution in [3.8, 4) is 0 Å². The number of ether oxygens (including phenoxy) is 2. The van der Waals surface area contributed by atoms with Crippen LogP contribution in [0.4, 0.5) is 4.79 Å². The number of unbranched alkanes of at least 4 members (excludes halogenated alkanes) is 1. The summed E-state index contributed by atoms with van der Waals surface area (Å²) in [7, 11) is 0. The Labute approximate surface area is 184 Å². The van der Waals surface area contributed by atoms with E-state index in [-0.39, 0.29) is 32.1 Å². The van der Waals surface area contributed by atoms with E-state index in [4.69, 9.17) is 20.3 Å². The van der Waals surface area contributed by atoms with E-state index < -0.39 is 18.1 Å². The maximum atomic E-state index is 12.5. The van der Waals surface area contributed by atoms with Crippen molar-refractivity contribution in [3.63, 3.8) is 0 Å². The minimum atomic E-state index is -0.931. The van der Waals surface area contributed by atoms with E-state index in [0.29, 0.717) is 43.7 Å². The summed E-state index contributed by atoms with van der Waals surface area (Å²) in [6.45, 7) is 1.46. The minimum absolute atomic E-state index is 0.0811. The maximum absolute atomic E-state index is 12.5. The van der Waals surface area contributed by atoms with Gasteiger partial charge in [-0.1, -0.05) is 12.2 Å². The van der Waals surface area contributed by atoms with E-state index >= 15 is 0 Å². The first-order valence-corrected chi connectivity index (χ1v) is 11.4. The number of carboxylic acids is 1. The Hall–Kier alpha value is -2.13. The maximum Gasteiger partial charge on any atom is 0.407 e. The van der Waals surface area contributed by atoms with Gasteiger partial charge in [-0.15, -0.1) is 0 Å². The number of fused-ring (bicyclic) bond motifs is 1. The zero-order chi connectivity index (χ0) is 22.5. The number of hydrogen-bond acceptors (Lipinski definition) is 6. The molecule has 31 heavy (non-hydrogen) atoms. The van der Waals surface area contributed by atoms with Crippen LogP contribution in [0.25, 0.3) is 0 Å². The van der Waals surface area contributed by atoms with Gasteiger partial charge in [0.25, 0.3) is 0 Å². The summed E-state index contributed by atoms with van der Waals surface area (Å²) in [6, 6.07) is -0.699. The number of aliphatic carboxylic acids is 1. The van der Waals surface area contributed by atoms with Crippen LogP contribution >= 0.6 is 0 Å². The van der Waals surface area contributed by atoms with Crippen molar-refractivity contribution in [3.05, 3.63) is 12.2 Å². The lowest BCUT2D eigenvalue weighted by Crippen LogP contribution is -2.47. The molecule has 2 aliphatic carbocycles. The van der Waals surface area contributed by atoms with Crippen LogP contribution in [0.1, 0.15) is 51.4 Å². The fourth-order valence-corrected chi connectivity index (χ4v) is 4.19. The smallest absolute Gasteiger partial charge is 0.407 e. The molecule has 2 rings (SSSR count). The summed E-state index contributed by atoms with van der Waals surface area (Å²) in [5.41, 5.74) is 5.53. The molecule has 0 saturated heterocycles. The lowest BCUT2D eigenvalue weighted by Gasteiger charge is -2.18. The van der Waals surface area contributed by atoms with Crippen molar-refractivity contribution in [1.82, 2.24) is 10.6 Å². The van der Waals surface area contributed by atoms with Gasteiger partial charge in [0.2, 0.25) is 5.91 Å². The predicted octanol–water partition coefficient (Wildman–Crippen LogP) is 1.81. The molecule has 0 spiro atoms. The number of nitrogens with two attached hydrogens (primary N) is 1. The molecule has 0 aromatic rings. The van der Waals surface area contributed by atoms with E-state index in [1.165, 1.54) is 0 Å². The fraction of sp³-hybridized carbons (Fsp3) is 0.773. The van der Waals surface area contributed by atoms with Gasteiger partial charge in [0, 0.05) is 6.54 Å². The average molecular weight is 440 g/mol. The van der Waals surface area contributed by atoms with Crippen LogP contribution in [0.5, 0.6) is 0 Å². The van der Waals surface area contributed by atoms with Crippen LogP contribution in [0.15, 0.2) is 12.2 Å². The number of carbonyl (C=O) groups excluding carboxylic acids is 2. The lowest BCUT2D eigenvalue weighted by atomic mass is 10.1. The first kappa shape index (κ1) is 25.1. The summed E-state index contributed by atoms with van der Waals surface area (Å²) in [5, 5.41) is 14.0. The number of nitrogens with one attached hydrogen (secondary N) is 2. The van der Waals surface area contributed by atoms with Crippen molar-refractivity contribution < 1.29 is 29.0 Å². The molecule has 0 heterocycles. The Kier molecular flexibility index (Phi) is 11.4. The first-order chi connectivity index (χ1) is 15.0. The van der Waals surface area contributed by atoms with Gasteiger partial charge in [0.05, 0.1) is 26.2 Å². The highest BCUT2D eigenvalue weighted by Gasteiger charge is 2.49. The molecular formula is C22H37N3O6. The minimum Gasteiger partial charge on any atom is -0.481 e. The van der Waals surface area contributed by atoms with Crippen molar-refractivity contribution in [2.24, 2.45) is 23.5 Å². The molecule has 5 N–H and O–H groups in total. The Balaban J connectivity index is 1.69. The van der Waals surface area contributed by atoms with Gasteiger partial charge in [-0.05, 0) is 69.2 Å². The second-order valence-electron chi connectivity index (χ2n) is 8.24. The average Bonchev–Trinajstić information content (AvgIpc) is 3.37. The summed E-state index contributed by atoms with van der Waals surface area (Å²) < 4.78 is 10.6. The highest BCUT2D eigenvalue weighted by Crippen LogP contribution is 2.52. The second kappa shape index (κ2) is 14.0. The Bertz CT molecular complexity index is 596. The molecule has 3 atom stereocenters. The topological polar surface area (TPSA) is 140 Å². The molecule has 0 bridgehead atoms. The Morgan fingerprint density at radius 3 is 2.45 bits per heavy atom. The molecule has 3 unspecified atom stereocenters. The van der Waals surface area contributed by atoms with Gasteiger partial charge in [-0.3, -0.25) is 9.59 Å². The van der Waals surface area contributed by atoms with E-state index in [1.807, 2.05) is 0 Å². The van der Waals surface area contributed by atoms with Gasteiger partial charge >= 0.3 is 12.1 Å². The van der Waals surface area contributed by atoms with E-state index in [1.54, 1.807) is 0 Å². The standard InChI is InChI=1S/C22H37N3O6/c23-11-6-5-9-19(21(28)24-12-14-30-13-10-20(26)27)25-22(29)31-15-18-16-7-3-1-2-4-8-17(16)18/h1-2,16-19H,3-15,23H2,(H,24,28)(H,25,29)(H,26,27)/b2-1-. The van der Waals surface area contributed by atoms with Crippen LogP contribution in [0, 0.1) is 17.8 Å². The third kappa shape index (κ3) is 9.69. The van der Waals surface area contributed by atoms with E-state index in [9.17, 15) is 14.4 Å². The monoisotopic (exact) mass is 439 g/mol. The van der Waals surface area contributed by atoms with Gasteiger partial charge in [-0.25, -0.2) is 4.79 Å². The molecule has 2 aliphatic rings. The predicted molar refractivity (Wildman–Crippen MR) is 115 cm³/mol. The lowest BCUT2D eigenvalue weighted by molar-refractivity contribution is -0.138. The van der Waals surface area contributed by atoms with Crippen molar-refractivity contribution >= 4 is 18.0 Å². The quantitative estimate of drug-likeness (QED) is 0.239. The highest BCUT2D eigenvalue weighted by molar-refractivity contribution is 5.85. The molecule has 176 valence electrons. The molecule has 0 aliphatic heterocycles. The van der Waals surface area contributed by atoms with Crippen molar-refractivity contribution in [1.29, 1.82) is 0 Å². The highest BCUT2D eigenvalue weighted by atomic mass is 16.5.